The van der Waals surface area contributed by atoms with Gasteiger partial charge in [0.05, 0.1) is 5.56 Å². The van der Waals surface area contributed by atoms with Gasteiger partial charge in [0.25, 0.3) is 5.91 Å². The first-order valence-electron chi connectivity index (χ1n) is 10.2. The second-order valence-electron chi connectivity index (χ2n) is 9.02. The summed E-state index contributed by atoms with van der Waals surface area (Å²) in [5, 5.41) is 5.38. The first-order chi connectivity index (χ1) is 13.7. The molecule has 29 heavy (non-hydrogen) atoms. The highest BCUT2D eigenvalue weighted by Gasteiger charge is 2.51. The first-order valence-corrected chi connectivity index (χ1v) is 10.5. The van der Waals surface area contributed by atoms with Crippen LogP contribution in [0.15, 0.2) is 6.07 Å². The molecule has 8 heteroatoms. The molecule has 1 aromatic heterocycles. The van der Waals surface area contributed by atoms with Gasteiger partial charge < -0.3 is 10.1 Å². The SMILES string of the molecule is Cc1cc(C)c(C(=O)OCC(=O)NC(=O)NC23CC4CC(CC(C4)C2)C3)c(Cl)n1. The van der Waals surface area contributed by atoms with E-state index < -0.39 is 24.5 Å². The molecule has 156 valence electrons. The molecule has 2 N–H and O–H groups in total. The van der Waals surface area contributed by atoms with E-state index in [-0.39, 0.29) is 16.3 Å². The molecule has 1 aromatic rings. The van der Waals surface area contributed by atoms with E-state index in [9.17, 15) is 14.4 Å². The van der Waals surface area contributed by atoms with Crippen LogP contribution in [0.4, 0.5) is 4.79 Å². The Hall–Kier alpha value is -2.15. The number of carbonyl (C=O) groups excluding carboxylic acids is 3. The molecule has 0 saturated heterocycles. The Balaban J connectivity index is 1.29. The number of amides is 3. The van der Waals surface area contributed by atoms with Gasteiger partial charge in [0.15, 0.2) is 6.61 Å². The van der Waals surface area contributed by atoms with E-state index in [1.54, 1.807) is 19.9 Å². The average molecular weight is 420 g/mol. The van der Waals surface area contributed by atoms with Crippen LogP contribution in [0.2, 0.25) is 5.15 Å². The Labute approximate surface area is 174 Å². The van der Waals surface area contributed by atoms with Crippen LogP contribution in [0.25, 0.3) is 0 Å². The highest BCUT2D eigenvalue weighted by molar-refractivity contribution is 6.32. The van der Waals surface area contributed by atoms with E-state index in [4.69, 9.17) is 16.3 Å². The zero-order chi connectivity index (χ0) is 20.8. The fraction of sp³-hybridized carbons (Fsp3) is 0.619. The van der Waals surface area contributed by atoms with Crippen molar-refractivity contribution in [1.82, 2.24) is 15.6 Å². The van der Waals surface area contributed by atoms with Crippen molar-refractivity contribution >= 4 is 29.5 Å². The minimum absolute atomic E-state index is 0.0347. The van der Waals surface area contributed by atoms with Crippen molar-refractivity contribution in [2.24, 2.45) is 17.8 Å². The van der Waals surface area contributed by atoms with Crippen molar-refractivity contribution < 1.29 is 19.1 Å². The molecule has 4 aliphatic carbocycles. The number of nitrogens with zero attached hydrogens (tertiary/aromatic N) is 1. The number of nitrogens with one attached hydrogen (secondary N) is 2. The summed E-state index contributed by atoms with van der Waals surface area (Å²) in [6, 6.07) is 1.20. The molecule has 0 spiro atoms. The molecule has 5 rings (SSSR count). The fourth-order valence-electron chi connectivity index (χ4n) is 5.94. The lowest BCUT2D eigenvalue weighted by atomic mass is 9.53. The number of carbonyl (C=O) groups is 3. The van der Waals surface area contributed by atoms with Crippen molar-refractivity contribution in [3.63, 3.8) is 0 Å². The normalized spacial score (nSPS) is 29.4. The minimum atomic E-state index is -0.739. The second kappa shape index (κ2) is 7.59. The molecule has 3 amide bonds. The van der Waals surface area contributed by atoms with E-state index in [0.29, 0.717) is 29.0 Å². The van der Waals surface area contributed by atoms with Crippen LogP contribution in [-0.2, 0) is 9.53 Å². The third-order valence-corrected chi connectivity index (χ3v) is 6.78. The molecule has 4 fully saturated rings. The standard InChI is InChI=1S/C21H26ClN3O4/c1-11-3-12(2)23-18(22)17(11)19(27)29-10-16(26)24-20(28)25-21-7-13-4-14(8-21)6-15(5-13)9-21/h3,13-15H,4-10H2,1-2H3,(H2,24,25,26,28). The summed E-state index contributed by atoms with van der Waals surface area (Å²) >= 11 is 6.03. The molecule has 4 aliphatic rings. The van der Waals surface area contributed by atoms with Gasteiger partial charge in [0, 0.05) is 11.2 Å². The summed E-state index contributed by atoms with van der Waals surface area (Å²) in [6.07, 6.45) is 6.79. The number of hydrogen-bond donors (Lipinski definition) is 2. The van der Waals surface area contributed by atoms with E-state index in [1.165, 1.54) is 19.3 Å². The van der Waals surface area contributed by atoms with E-state index in [2.05, 4.69) is 15.6 Å². The maximum atomic E-state index is 12.4. The molecule has 0 radical (unpaired) electrons. The highest BCUT2D eigenvalue weighted by atomic mass is 35.5. The van der Waals surface area contributed by atoms with Gasteiger partial charge in [-0.1, -0.05) is 11.6 Å². The number of imide groups is 1. The van der Waals surface area contributed by atoms with Gasteiger partial charge in [-0.3, -0.25) is 10.1 Å². The molecule has 4 saturated carbocycles. The number of aryl methyl sites for hydroxylation is 2. The summed E-state index contributed by atoms with van der Waals surface area (Å²) < 4.78 is 5.03. The first kappa shape index (κ1) is 20.1. The predicted molar refractivity (Wildman–Crippen MR) is 107 cm³/mol. The molecular formula is C21H26ClN3O4. The van der Waals surface area contributed by atoms with E-state index in [1.807, 2.05) is 0 Å². The van der Waals surface area contributed by atoms with Crippen molar-refractivity contribution in [2.45, 2.75) is 57.9 Å². The number of pyridine rings is 1. The lowest BCUT2D eigenvalue weighted by Gasteiger charge is -2.56. The van der Waals surface area contributed by atoms with Crippen LogP contribution in [-0.4, -0.2) is 35.0 Å². The van der Waals surface area contributed by atoms with Crippen molar-refractivity contribution in [3.05, 3.63) is 28.0 Å². The maximum absolute atomic E-state index is 12.4. The largest absolute Gasteiger partial charge is 0.452 e. The summed E-state index contributed by atoms with van der Waals surface area (Å²) in [4.78, 5) is 40.8. The van der Waals surface area contributed by atoms with Gasteiger partial charge in [-0.2, -0.15) is 0 Å². The third-order valence-electron chi connectivity index (χ3n) is 6.51. The summed E-state index contributed by atoms with van der Waals surface area (Å²) in [5.41, 5.74) is 1.24. The summed E-state index contributed by atoms with van der Waals surface area (Å²) in [6.45, 7) is 2.93. The molecule has 0 aromatic carbocycles. The van der Waals surface area contributed by atoms with Crippen molar-refractivity contribution in [1.29, 1.82) is 0 Å². The number of halogens is 1. The van der Waals surface area contributed by atoms with Gasteiger partial charge in [0.1, 0.15) is 5.15 Å². The number of rotatable bonds is 4. The molecule has 0 unspecified atom stereocenters. The monoisotopic (exact) mass is 419 g/mol. The third kappa shape index (κ3) is 4.25. The molecule has 7 nitrogen and oxygen atoms in total. The second-order valence-corrected chi connectivity index (χ2v) is 9.38. The Morgan fingerprint density at radius 2 is 1.72 bits per heavy atom. The van der Waals surface area contributed by atoms with Crippen LogP contribution in [0.5, 0.6) is 0 Å². The zero-order valence-corrected chi connectivity index (χ0v) is 17.5. The Bertz CT molecular complexity index is 811. The average Bonchev–Trinajstić information content (AvgIpc) is 2.57. The predicted octanol–water partition coefficient (Wildman–Crippen LogP) is 3.30. The lowest BCUT2D eigenvalue weighted by molar-refractivity contribution is -0.123. The molecule has 4 bridgehead atoms. The number of hydrogen-bond acceptors (Lipinski definition) is 5. The van der Waals surface area contributed by atoms with Crippen LogP contribution in [0.1, 0.15) is 60.1 Å². The Morgan fingerprint density at radius 3 is 2.28 bits per heavy atom. The van der Waals surface area contributed by atoms with Crippen LogP contribution in [0, 0.1) is 31.6 Å². The smallest absolute Gasteiger partial charge is 0.342 e. The van der Waals surface area contributed by atoms with Crippen LogP contribution in [0.3, 0.4) is 0 Å². The van der Waals surface area contributed by atoms with Crippen molar-refractivity contribution in [2.75, 3.05) is 6.61 Å². The number of ether oxygens (including phenoxy) is 1. The summed E-state index contributed by atoms with van der Waals surface area (Å²) in [5.74, 6) is 0.656. The number of aromatic nitrogens is 1. The molecule has 0 atom stereocenters. The summed E-state index contributed by atoms with van der Waals surface area (Å²) in [7, 11) is 0. The minimum Gasteiger partial charge on any atom is -0.452 e. The Kier molecular flexibility index (Phi) is 5.27. The molecular weight excluding hydrogens is 394 g/mol. The van der Waals surface area contributed by atoms with Gasteiger partial charge in [-0.05, 0) is 81.8 Å². The van der Waals surface area contributed by atoms with Gasteiger partial charge in [-0.25, -0.2) is 14.6 Å². The van der Waals surface area contributed by atoms with Gasteiger partial charge in [-0.15, -0.1) is 0 Å². The molecule has 1 heterocycles. The van der Waals surface area contributed by atoms with Gasteiger partial charge >= 0.3 is 12.0 Å². The van der Waals surface area contributed by atoms with Crippen molar-refractivity contribution in [3.8, 4) is 0 Å². The Morgan fingerprint density at radius 1 is 1.14 bits per heavy atom. The van der Waals surface area contributed by atoms with Crippen LogP contribution >= 0.6 is 11.6 Å². The molecule has 0 aliphatic heterocycles. The fourth-order valence-corrected chi connectivity index (χ4v) is 6.30. The lowest BCUT2D eigenvalue weighted by Crippen LogP contribution is -2.62. The van der Waals surface area contributed by atoms with E-state index >= 15 is 0 Å². The quantitative estimate of drug-likeness (QED) is 0.576. The topological polar surface area (TPSA) is 97.4 Å². The number of esters is 1. The van der Waals surface area contributed by atoms with Crippen LogP contribution < -0.4 is 10.6 Å². The highest BCUT2D eigenvalue weighted by Crippen LogP contribution is 2.55. The zero-order valence-electron chi connectivity index (χ0n) is 16.7. The number of urea groups is 1. The van der Waals surface area contributed by atoms with E-state index in [0.717, 1.165) is 19.3 Å². The van der Waals surface area contributed by atoms with Gasteiger partial charge in [0.2, 0.25) is 0 Å². The maximum Gasteiger partial charge on any atom is 0.342 e.